The normalized spacial score (nSPS) is 12.6. The maximum Gasteiger partial charge on any atom is 0.0371 e. The van der Waals surface area contributed by atoms with Gasteiger partial charge >= 0.3 is 0 Å². The molecule has 0 radical (unpaired) electrons. The first-order valence-electron chi connectivity index (χ1n) is 6.33. The second kappa shape index (κ2) is 7.02. The van der Waals surface area contributed by atoms with Gasteiger partial charge in [-0.1, -0.05) is 35.0 Å². The molecule has 0 bridgehead atoms. The Morgan fingerprint density at radius 3 is 2.74 bits per heavy atom. The molecule has 1 heterocycles. The van der Waals surface area contributed by atoms with Gasteiger partial charge in [-0.3, -0.25) is 0 Å². The molecule has 0 amide bonds. The molecule has 0 spiro atoms. The summed E-state index contributed by atoms with van der Waals surface area (Å²) in [7, 11) is 0. The standard InChI is InChI=1S/C15H17Br2NS/c1-3-18-15(8-12-7-11(16)9-19-12)13-5-4-6-14(17)10(13)2/h4-7,9,15,18H,3,8H2,1-2H3. The van der Waals surface area contributed by atoms with E-state index >= 15 is 0 Å². The Kier molecular flexibility index (Phi) is 5.63. The van der Waals surface area contributed by atoms with Crippen LogP contribution in [0.5, 0.6) is 0 Å². The second-order valence-electron chi connectivity index (χ2n) is 4.50. The Bertz CT molecular complexity index is 551. The lowest BCUT2D eigenvalue weighted by molar-refractivity contribution is 0.550. The molecule has 0 saturated carbocycles. The van der Waals surface area contributed by atoms with Crippen LogP contribution in [-0.4, -0.2) is 6.54 Å². The van der Waals surface area contributed by atoms with Crippen LogP contribution in [0.25, 0.3) is 0 Å². The highest BCUT2D eigenvalue weighted by atomic mass is 79.9. The van der Waals surface area contributed by atoms with Crippen molar-refractivity contribution in [2.75, 3.05) is 6.54 Å². The van der Waals surface area contributed by atoms with Gasteiger partial charge in [0.1, 0.15) is 0 Å². The fourth-order valence-electron chi connectivity index (χ4n) is 2.20. The molecular formula is C15H17Br2NS. The van der Waals surface area contributed by atoms with Crippen molar-refractivity contribution in [1.29, 1.82) is 0 Å². The summed E-state index contributed by atoms with van der Waals surface area (Å²) in [6, 6.07) is 9.01. The third-order valence-corrected chi connectivity index (χ3v) is 5.74. The third-order valence-electron chi connectivity index (χ3n) is 3.16. The van der Waals surface area contributed by atoms with Crippen molar-refractivity contribution in [2.45, 2.75) is 26.3 Å². The van der Waals surface area contributed by atoms with Gasteiger partial charge in [0.25, 0.3) is 0 Å². The lowest BCUT2D eigenvalue weighted by Crippen LogP contribution is -2.23. The molecule has 0 aliphatic rings. The van der Waals surface area contributed by atoms with E-state index in [0.717, 1.165) is 13.0 Å². The molecule has 1 aromatic heterocycles. The van der Waals surface area contributed by atoms with Crippen molar-refractivity contribution in [3.05, 3.63) is 54.6 Å². The van der Waals surface area contributed by atoms with Crippen LogP contribution >= 0.6 is 43.2 Å². The van der Waals surface area contributed by atoms with Crippen LogP contribution in [0.3, 0.4) is 0 Å². The van der Waals surface area contributed by atoms with Crippen LogP contribution in [0.1, 0.15) is 29.0 Å². The quantitative estimate of drug-likeness (QED) is 0.698. The first-order valence-corrected chi connectivity index (χ1v) is 8.79. The van der Waals surface area contributed by atoms with E-state index in [0.29, 0.717) is 6.04 Å². The van der Waals surface area contributed by atoms with Crippen molar-refractivity contribution in [2.24, 2.45) is 0 Å². The van der Waals surface area contributed by atoms with Crippen LogP contribution in [0.15, 0.2) is 38.6 Å². The van der Waals surface area contributed by atoms with E-state index < -0.39 is 0 Å². The molecular weight excluding hydrogens is 386 g/mol. The SMILES string of the molecule is CCNC(Cc1cc(Br)cs1)c1cccc(Br)c1C. The monoisotopic (exact) mass is 401 g/mol. The van der Waals surface area contributed by atoms with Gasteiger partial charge in [0, 0.05) is 31.7 Å². The van der Waals surface area contributed by atoms with Crippen LogP contribution in [0.4, 0.5) is 0 Å². The number of nitrogens with one attached hydrogen (secondary N) is 1. The average Bonchev–Trinajstić information content (AvgIpc) is 2.78. The lowest BCUT2D eigenvalue weighted by atomic mass is 9.98. The first kappa shape index (κ1) is 15.2. The highest BCUT2D eigenvalue weighted by molar-refractivity contribution is 9.10. The van der Waals surface area contributed by atoms with Crippen LogP contribution in [0.2, 0.25) is 0 Å². The van der Waals surface area contributed by atoms with Gasteiger partial charge in [-0.2, -0.15) is 0 Å². The fourth-order valence-corrected chi connectivity index (χ4v) is 4.08. The van der Waals surface area contributed by atoms with Crippen molar-refractivity contribution in [3.63, 3.8) is 0 Å². The Morgan fingerprint density at radius 2 is 2.11 bits per heavy atom. The molecule has 0 fully saturated rings. The van der Waals surface area contributed by atoms with Gasteiger partial charge in [-0.05, 0) is 52.7 Å². The number of halogens is 2. The van der Waals surface area contributed by atoms with Gasteiger partial charge < -0.3 is 5.32 Å². The average molecular weight is 403 g/mol. The zero-order valence-electron chi connectivity index (χ0n) is 11.0. The molecule has 1 nitrogen and oxygen atoms in total. The van der Waals surface area contributed by atoms with E-state index in [-0.39, 0.29) is 0 Å². The minimum atomic E-state index is 0.369. The van der Waals surface area contributed by atoms with E-state index in [9.17, 15) is 0 Å². The zero-order chi connectivity index (χ0) is 13.8. The summed E-state index contributed by atoms with van der Waals surface area (Å²) >= 11 is 8.96. The minimum absolute atomic E-state index is 0.369. The Balaban J connectivity index is 2.26. The Hall–Kier alpha value is -0.160. The van der Waals surface area contributed by atoms with Crippen LogP contribution in [-0.2, 0) is 6.42 Å². The number of hydrogen-bond donors (Lipinski definition) is 1. The molecule has 0 saturated heterocycles. The summed E-state index contributed by atoms with van der Waals surface area (Å²) in [5, 5.41) is 5.74. The zero-order valence-corrected chi connectivity index (χ0v) is 15.0. The molecule has 2 aromatic rings. The van der Waals surface area contributed by atoms with E-state index in [2.05, 4.69) is 80.7 Å². The molecule has 1 N–H and O–H groups in total. The first-order chi connectivity index (χ1) is 9.11. The largest absolute Gasteiger partial charge is 0.310 e. The molecule has 0 aliphatic carbocycles. The molecule has 4 heteroatoms. The summed E-state index contributed by atoms with van der Waals surface area (Å²) in [4.78, 5) is 1.40. The maximum atomic E-state index is 3.62. The molecule has 0 aliphatic heterocycles. The van der Waals surface area contributed by atoms with Gasteiger partial charge in [0.15, 0.2) is 0 Å². The Morgan fingerprint density at radius 1 is 1.32 bits per heavy atom. The summed E-state index contributed by atoms with van der Waals surface area (Å²) in [6.07, 6.45) is 1.03. The summed E-state index contributed by atoms with van der Waals surface area (Å²) in [5.41, 5.74) is 2.70. The smallest absolute Gasteiger partial charge is 0.0371 e. The molecule has 1 atom stereocenters. The molecule has 1 aromatic carbocycles. The second-order valence-corrected chi connectivity index (χ2v) is 7.27. The number of rotatable bonds is 5. The van der Waals surface area contributed by atoms with E-state index in [1.165, 1.54) is 24.9 Å². The van der Waals surface area contributed by atoms with Crippen LogP contribution < -0.4 is 5.32 Å². The molecule has 2 rings (SSSR count). The van der Waals surface area contributed by atoms with Gasteiger partial charge in [-0.15, -0.1) is 11.3 Å². The van der Waals surface area contributed by atoms with Crippen molar-refractivity contribution >= 4 is 43.2 Å². The van der Waals surface area contributed by atoms with Gasteiger partial charge in [-0.25, -0.2) is 0 Å². The third kappa shape index (κ3) is 3.91. The fraction of sp³-hybridized carbons (Fsp3) is 0.333. The van der Waals surface area contributed by atoms with Crippen molar-refractivity contribution in [1.82, 2.24) is 5.32 Å². The molecule has 19 heavy (non-hydrogen) atoms. The minimum Gasteiger partial charge on any atom is -0.310 e. The molecule has 102 valence electrons. The van der Waals surface area contributed by atoms with E-state index in [1.807, 2.05) is 11.3 Å². The topological polar surface area (TPSA) is 12.0 Å². The predicted molar refractivity (Wildman–Crippen MR) is 91.0 cm³/mol. The number of thiophene rings is 1. The number of hydrogen-bond acceptors (Lipinski definition) is 2. The highest BCUT2D eigenvalue weighted by Gasteiger charge is 2.15. The van der Waals surface area contributed by atoms with E-state index in [4.69, 9.17) is 0 Å². The van der Waals surface area contributed by atoms with Crippen molar-refractivity contribution < 1.29 is 0 Å². The van der Waals surface area contributed by atoms with Gasteiger partial charge in [0.2, 0.25) is 0 Å². The van der Waals surface area contributed by atoms with E-state index in [1.54, 1.807) is 0 Å². The lowest BCUT2D eigenvalue weighted by Gasteiger charge is -2.20. The summed E-state index contributed by atoms with van der Waals surface area (Å²) < 4.78 is 2.36. The maximum absolute atomic E-state index is 3.62. The van der Waals surface area contributed by atoms with Crippen molar-refractivity contribution in [3.8, 4) is 0 Å². The Labute approximate surface area is 135 Å². The number of likely N-dealkylation sites (N-methyl/N-ethyl adjacent to an activating group) is 1. The summed E-state index contributed by atoms with van der Waals surface area (Å²) in [5.74, 6) is 0. The molecule has 1 unspecified atom stereocenters. The highest BCUT2D eigenvalue weighted by Crippen LogP contribution is 2.29. The predicted octanol–water partition coefficient (Wildman–Crippen LogP) is 5.47. The number of benzene rings is 1. The van der Waals surface area contributed by atoms with Gasteiger partial charge in [0.05, 0.1) is 0 Å². The summed E-state index contributed by atoms with van der Waals surface area (Å²) in [6.45, 7) is 5.31. The van der Waals surface area contributed by atoms with Crippen LogP contribution in [0, 0.1) is 6.92 Å².